The summed E-state index contributed by atoms with van der Waals surface area (Å²) >= 11 is 0. The van der Waals surface area contributed by atoms with E-state index in [4.69, 9.17) is 0 Å². The van der Waals surface area contributed by atoms with Gasteiger partial charge in [0.15, 0.2) is 0 Å². The lowest BCUT2D eigenvalue weighted by molar-refractivity contribution is -0.120. The average Bonchev–Trinajstić information content (AvgIpc) is 2.71. The number of amides is 1. The summed E-state index contributed by atoms with van der Waals surface area (Å²) in [7, 11) is 0. The van der Waals surface area contributed by atoms with Crippen molar-refractivity contribution in [1.82, 2.24) is 4.90 Å². The van der Waals surface area contributed by atoms with Gasteiger partial charge in [-0.1, -0.05) is 24.3 Å². The van der Waals surface area contributed by atoms with E-state index in [-0.39, 0.29) is 23.4 Å². The third-order valence-corrected chi connectivity index (χ3v) is 5.52. The quantitative estimate of drug-likeness (QED) is 0.790. The number of hydrogen-bond donors (Lipinski definition) is 1. The number of ether oxygens (including phenoxy) is 1. The van der Waals surface area contributed by atoms with Crippen LogP contribution in [0.5, 0.6) is 5.75 Å². The van der Waals surface area contributed by atoms with Gasteiger partial charge in [-0.2, -0.15) is 8.78 Å². The Morgan fingerprint density at radius 1 is 1.03 bits per heavy atom. The predicted molar refractivity (Wildman–Crippen MR) is 111 cm³/mol. The molecule has 2 aromatic rings. The molecule has 1 fully saturated rings. The molecule has 0 aliphatic carbocycles. The summed E-state index contributed by atoms with van der Waals surface area (Å²) in [6.07, 6.45) is 0. The van der Waals surface area contributed by atoms with Crippen LogP contribution in [0.4, 0.5) is 20.2 Å². The van der Waals surface area contributed by atoms with E-state index in [1.54, 1.807) is 18.2 Å². The molecule has 1 amide bonds. The molecule has 5 nitrogen and oxygen atoms in total. The van der Waals surface area contributed by atoms with Crippen LogP contribution in [-0.2, 0) is 4.79 Å². The molecule has 1 heterocycles. The molecule has 0 unspecified atom stereocenters. The molecule has 0 bridgehead atoms. The normalized spacial score (nSPS) is 16.0. The van der Waals surface area contributed by atoms with Crippen molar-refractivity contribution in [3.8, 4) is 5.75 Å². The first-order valence-corrected chi connectivity index (χ1v) is 9.76. The fourth-order valence-electron chi connectivity index (χ4n) is 3.60. The van der Waals surface area contributed by atoms with Crippen molar-refractivity contribution >= 4 is 17.3 Å². The third-order valence-electron chi connectivity index (χ3n) is 5.52. The number of carbonyl (C=O) groups excluding carboxylic acids is 1. The molecule has 1 N–H and O–H groups in total. The molecular formula is C22H27F2N3O2. The largest absolute Gasteiger partial charge is 0.433 e. The number of piperazine rings is 1. The summed E-state index contributed by atoms with van der Waals surface area (Å²) in [4.78, 5) is 17.1. The molecule has 1 aliphatic heterocycles. The van der Waals surface area contributed by atoms with Crippen LogP contribution in [0.2, 0.25) is 0 Å². The van der Waals surface area contributed by atoms with Crippen LogP contribution in [-0.4, -0.2) is 49.6 Å². The van der Waals surface area contributed by atoms with Crippen LogP contribution < -0.4 is 15.0 Å². The monoisotopic (exact) mass is 403 g/mol. The fourth-order valence-corrected chi connectivity index (χ4v) is 3.60. The highest BCUT2D eigenvalue weighted by Gasteiger charge is 2.27. The minimum atomic E-state index is -2.94. The second-order valence-corrected chi connectivity index (χ2v) is 7.28. The number of para-hydroxylation sites is 2. The van der Waals surface area contributed by atoms with Crippen molar-refractivity contribution in [3.63, 3.8) is 0 Å². The minimum absolute atomic E-state index is 0.0391. The molecule has 156 valence electrons. The Balaban J connectivity index is 1.60. The van der Waals surface area contributed by atoms with Crippen LogP contribution in [0.3, 0.4) is 0 Å². The lowest BCUT2D eigenvalue weighted by atomic mass is 10.1. The lowest BCUT2D eigenvalue weighted by Gasteiger charge is -2.39. The van der Waals surface area contributed by atoms with Gasteiger partial charge in [0.2, 0.25) is 5.91 Å². The SMILES string of the molecule is Cc1cccc(N2CCN([C@@H](C)C(=O)Nc3ccccc3OC(F)F)CC2)c1C. The van der Waals surface area contributed by atoms with Gasteiger partial charge < -0.3 is 15.0 Å². The number of halogens is 2. The number of alkyl halides is 2. The average molecular weight is 403 g/mol. The van der Waals surface area contributed by atoms with Crippen LogP contribution >= 0.6 is 0 Å². The van der Waals surface area contributed by atoms with Gasteiger partial charge in [-0.15, -0.1) is 0 Å². The Bertz CT molecular complexity index is 852. The summed E-state index contributed by atoms with van der Waals surface area (Å²) in [5.74, 6) is -0.279. The van der Waals surface area contributed by atoms with E-state index in [1.807, 2.05) is 6.92 Å². The zero-order valence-electron chi connectivity index (χ0n) is 17.0. The first-order valence-electron chi connectivity index (χ1n) is 9.76. The highest BCUT2D eigenvalue weighted by Crippen LogP contribution is 2.27. The Kier molecular flexibility index (Phi) is 6.69. The van der Waals surface area contributed by atoms with Crippen molar-refractivity contribution in [1.29, 1.82) is 0 Å². The van der Waals surface area contributed by atoms with E-state index in [1.165, 1.54) is 22.9 Å². The van der Waals surface area contributed by atoms with Gasteiger partial charge in [-0.3, -0.25) is 9.69 Å². The Labute approximate surface area is 170 Å². The zero-order chi connectivity index (χ0) is 21.0. The van der Waals surface area contributed by atoms with E-state index in [0.29, 0.717) is 0 Å². The number of carbonyl (C=O) groups is 1. The molecule has 0 aromatic heterocycles. The number of nitrogens with one attached hydrogen (secondary N) is 1. The Hall–Kier alpha value is -2.67. The molecule has 2 aromatic carbocycles. The lowest BCUT2D eigenvalue weighted by Crippen LogP contribution is -2.53. The second-order valence-electron chi connectivity index (χ2n) is 7.28. The van der Waals surface area contributed by atoms with E-state index >= 15 is 0 Å². The van der Waals surface area contributed by atoms with Crippen molar-refractivity contribution in [3.05, 3.63) is 53.6 Å². The molecule has 29 heavy (non-hydrogen) atoms. The number of nitrogens with zero attached hydrogens (tertiary/aromatic N) is 2. The first kappa shape index (κ1) is 21.0. The van der Waals surface area contributed by atoms with E-state index in [9.17, 15) is 13.6 Å². The molecule has 0 radical (unpaired) electrons. The minimum Gasteiger partial charge on any atom is -0.433 e. The number of aryl methyl sites for hydroxylation is 1. The van der Waals surface area contributed by atoms with Crippen molar-refractivity contribution < 1.29 is 18.3 Å². The fraction of sp³-hybridized carbons (Fsp3) is 0.409. The third kappa shape index (κ3) is 5.03. The van der Waals surface area contributed by atoms with Gasteiger partial charge in [0.25, 0.3) is 0 Å². The van der Waals surface area contributed by atoms with Gasteiger partial charge in [0, 0.05) is 31.9 Å². The molecule has 0 spiro atoms. The predicted octanol–water partition coefficient (Wildman–Crippen LogP) is 4.05. The van der Waals surface area contributed by atoms with Crippen LogP contribution in [0, 0.1) is 13.8 Å². The number of hydrogen-bond acceptors (Lipinski definition) is 4. The zero-order valence-corrected chi connectivity index (χ0v) is 17.0. The second kappa shape index (κ2) is 9.22. The molecular weight excluding hydrogens is 376 g/mol. The standard InChI is InChI=1S/C22H27F2N3O2/c1-15-7-6-9-19(16(15)2)27-13-11-26(12-14-27)17(3)21(28)25-18-8-4-5-10-20(18)29-22(23)24/h4-10,17,22H,11-14H2,1-3H3,(H,25,28)/t17-/m0/s1. The van der Waals surface area contributed by atoms with Gasteiger partial charge >= 0.3 is 6.61 Å². The summed E-state index contributed by atoms with van der Waals surface area (Å²) in [5, 5.41) is 2.72. The van der Waals surface area contributed by atoms with Crippen molar-refractivity contribution in [2.75, 3.05) is 36.4 Å². The molecule has 7 heteroatoms. The summed E-state index contributed by atoms with van der Waals surface area (Å²) in [5.41, 5.74) is 4.03. The molecule has 1 atom stereocenters. The summed E-state index contributed by atoms with van der Waals surface area (Å²) in [6, 6.07) is 12.2. The first-order chi connectivity index (χ1) is 13.9. The van der Waals surface area contributed by atoms with Crippen molar-refractivity contribution in [2.24, 2.45) is 0 Å². The molecule has 1 saturated heterocycles. The topological polar surface area (TPSA) is 44.8 Å². The number of rotatable bonds is 6. The summed E-state index contributed by atoms with van der Waals surface area (Å²) in [6.45, 7) is 6.28. The Morgan fingerprint density at radius 2 is 1.72 bits per heavy atom. The van der Waals surface area contributed by atoms with E-state index < -0.39 is 6.61 Å². The van der Waals surface area contributed by atoms with Crippen molar-refractivity contribution in [2.45, 2.75) is 33.4 Å². The maximum Gasteiger partial charge on any atom is 0.387 e. The van der Waals surface area contributed by atoms with Gasteiger partial charge in [0.1, 0.15) is 5.75 Å². The van der Waals surface area contributed by atoms with Crippen LogP contribution in [0.25, 0.3) is 0 Å². The smallest absolute Gasteiger partial charge is 0.387 e. The van der Waals surface area contributed by atoms with Gasteiger partial charge in [-0.25, -0.2) is 0 Å². The Morgan fingerprint density at radius 3 is 2.41 bits per heavy atom. The maximum atomic E-state index is 12.7. The van der Waals surface area contributed by atoms with Crippen LogP contribution in [0.1, 0.15) is 18.1 Å². The van der Waals surface area contributed by atoms with Gasteiger partial charge in [-0.05, 0) is 50.1 Å². The maximum absolute atomic E-state index is 12.7. The highest BCUT2D eigenvalue weighted by atomic mass is 19.3. The van der Waals surface area contributed by atoms with E-state index in [0.717, 1.165) is 26.2 Å². The van der Waals surface area contributed by atoms with Crippen LogP contribution in [0.15, 0.2) is 42.5 Å². The number of anilines is 2. The number of benzene rings is 2. The molecule has 0 saturated carbocycles. The molecule has 1 aliphatic rings. The molecule has 3 rings (SSSR count). The highest BCUT2D eigenvalue weighted by molar-refractivity contribution is 5.95. The van der Waals surface area contributed by atoms with Gasteiger partial charge in [0.05, 0.1) is 11.7 Å². The summed E-state index contributed by atoms with van der Waals surface area (Å²) < 4.78 is 29.6. The van der Waals surface area contributed by atoms with E-state index in [2.05, 4.69) is 51.9 Å².